The van der Waals surface area contributed by atoms with Crippen LogP contribution in [-0.2, 0) is 10.9 Å². The van der Waals surface area contributed by atoms with Crippen molar-refractivity contribution < 1.29 is 27.8 Å². The molecule has 1 saturated carbocycles. The first kappa shape index (κ1) is 23.3. The van der Waals surface area contributed by atoms with Crippen LogP contribution in [0.4, 0.5) is 13.2 Å². The monoisotopic (exact) mass is 417 g/mol. The zero-order valence-electron chi connectivity index (χ0n) is 16.9. The summed E-state index contributed by atoms with van der Waals surface area (Å²) in [5.41, 5.74) is -0.741. The number of ether oxygens (including phenoxy) is 2. The Hall–Kier alpha value is -2.00. The lowest BCUT2D eigenvalue weighted by atomic mass is 10.2. The van der Waals surface area contributed by atoms with E-state index in [1.54, 1.807) is 0 Å². The lowest BCUT2D eigenvalue weighted by Crippen LogP contribution is -2.41. The summed E-state index contributed by atoms with van der Waals surface area (Å²) in [5, 5.41) is 13.2. The van der Waals surface area contributed by atoms with E-state index in [4.69, 9.17) is 9.47 Å². The van der Waals surface area contributed by atoms with E-state index in [0.717, 1.165) is 24.7 Å². The van der Waals surface area contributed by atoms with E-state index in [9.17, 15) is 18.3 Å². The molecule has 0 aliphatic heterocycles. The minimum Gasteiger partial charge on any atom is -0.491 e. The van der Waals surface area contributed by atoms with Crippen LogP contribution in [0.25, 0.3) is 0 Å². The third-order valence-electron chi connectivity index (χ3n) is 4.39. The Morgan fingerprint density at radius 3 is 2.59 bits per heavy atom. The number of hydrogen-bond donors (Lipinski definition) is 2. The highest BCUT2D eigenvalue weighted by molar-refractivity contribution is 5.79. The molecule has 1 aliphatic carbocycles. The van der Waals surface area contributed by atoms with Crippen LogP contribution in [0.15, 0.2) is 29.3 Å². The van der Waals surface area contributed by atoms with Crippen molar-refractivity contribution in [1.82, 2.24) is 10.2 Å². The maximum Gasteiger partial charge on any atom is 0.416 e. The average molecular weight is 417 g/mol. The highest BCUT2D eigenvalue weighted by Crippen LogP contribution is 2.30. The molecule has 1 aromatic carbocycles. The predicted octanol–water partition coefficient (Wildman–Crippen LogP) is 2.77. The number of rotatable bonds is 11. The molecule has 0 bridgehead atoms. The van der Waals surface area contributed by atoms with Crippen molar-refractivity contribution in [2.45, 2.75) is 32.0 Å². The predicted molar refractivity (Wildman–Crippen MR) is 105 cm³/mol. The van der Waals surface area contributed by atoms with Gasteiger partial charge in [0.05, 0.1) is 18.7 Å². The molecule has 1 atom stereocenters. The fourth-order valence-electron chi connectivity index (χ4n) is 2.49. The maximum absolute atomic E-state index is 12.6. The van der Waals surface area contributed by atoms with E-state index in [-0.39, 0.29) is 18.9 Å². The molecule has 2 rings (SSSR count). The normalized spacial score (nSPS) is 15.9. The van der Waals surface area contributed by atoms with Crippen LogP contribution < -0.4 is 10.1 Å². The third kappa shape index (κ3) is 8.91. The molecule has 164 valence electrons. The number of nitrogens with one attached hydrogen (secondary N) is 1. The second-order valence-corrected chi connectivity index (χ2v) is 7.12. The smallest absolute Gasteiger partial charge is 0.416 e. The minimum atomic E-state index is -4.38. The number of aliphatic hydroxyl groups excluding tert-OH is 1. The topological polar surface area (TPSA) is 66.3 Å². The molecule has 0 spiro atoms. The van der Waals surface area contributed by atoms with Gasteiger partial charge < -0.3 is 24.8 Å². The van der Waals surface area contributed by atoms with Gasteiger partial charge in [-0.15, -0.1) is 0 Å². The van der Waals surface area contributed by atoms with Gasteiger partial charge in [0.2, 0.25) is 0 Å². The van der Waals surface area contributed by atoms with Crippen molar-refractivity contribution in [3.05, 3.63) is 29.8 Å². The SMILES string of the molecule is CCNC(=NCC(O)COc1ccc(C(F)(F)F)cc1)N(C)CCOCC1CC1. The fourth-order valence-corrected chi connectivity index (χ4v) is 2.49. The Bertz CT molecular complexity index is 634. The summed E-state index contributed by atoms with van der Waals surface area (Å²) in [5.74, 6) is 1.64. The van der Waals surface area contributed by atoms with Crippen LogP contribution in [-0.4, -0.2) is 68.6 Å². The third-order valence-corrected chi connectivity index (χ3v) is 4.39. The standard InChI is InChI=1S/C20H30F3N3O3/c1-3-24-19(26(2)10-11-28-13-15-4-5-15)25-12-17(27)14-29-18-8-6-16(7-9-18)20(21,22)23/h6-9,15,17,27H,3-5,10-14H2,1-2H3,(H,24,25). The first-order valence-electron chi connectivity index (χ1n) is 9.85. The number of benzene rings is 1. The molecule has 1 aliphatic rings. The molecule has 6 nitrogen and oxygen atoms in total. The Morgan fingerprint density at radius 1 is 1.31 bits per heavy atom. The Labute approximate surface area is 169 Å². The molecule has 1 unspecified atom stereocenters. The van der Waals surface area contributed by atoms with E-state index in [0.29, 0.717) is 25.7 Å². The van der Waals surface area contributed by atoms with Crippen molar-refractivity contribution in [2.75, 3.05) is 46.5 Å². The van der Waals surface area contributed by atoms with Crippen molar-refractivity contribution in [1.29, 1.82) is 0 Å². The van der Waals surface area contributed by atoms with Crippen LogP contribution in [0.2, 0.25) is 0 Å². The van der Waals surface area contributed by atoms with Gasteiger partial charge in [-0.25, -0.2) is 0 Å². The van der Waals surface area contributed by atoms with Gasteiger partial charge in [0.25, 0.3) is 0 Å². The molecule has 0 radical (unpaired) electrons. The first-order valence-corrected chi connectivity index (χ1v) is 9.85. The highest BCUT2D eigenvalue weighted by atomic mass is 19.4. The zero-order valence-corrected chi connectivity index (χ0v) is 16.9. The van der Waals surface area contributed by atoms with Crippen LogP contribution in [0.5, 0.6) is 5.75 Å². The molecule has 0 amide bonds. The second-order valence-electron chi connectivity index (χ2n) is 7.12. The molecular formula is C20H30F3N3O3. The molecule has 0 aromatic heterocycles. The summed E-state index contributed by atoms with van der Waals surface area (Å²) in [4.78, 5) is 6.33. The van der Waals surface area contributed by atoms with Gasteiger partial charge in [-0.1, -0.05) is 0 Å². The Balaban J connectivity index is 1.75. The molecule has 29 heavy (non-hydrogen) atoms. The molecule has 1 fully saturated rings. The highest BCUT2D eigenvalue weighted by Gasteiger charge is 2.30. The van der Waals surface area contributed by atoms with Crippen molar-refractivity contribution in [2.24, 2.45) is 10.9 Å². The summed E-state index contributed by atoms with van der Waals surface area (Å²) >= 11 is 0. The van der Waals surface area contributed by atoms with Crippen molar-refractivity contribution in [3.8, 4) is 5.75 Å². The molecule has 9 heteroatoms. The van der Waals surface area contributed by atoms with Gasteiger partial charge in [-0.05, 0) is 49.9 Å². The summed E-state index contributed by atoms with van der Waals surface area (Å²) in [6.07, 6.45) is -2.76. The molecule has 0 heterocycles. The van der Waals surface area contributed by atoms with E-state index in [2.05, 4.69) is 10.3 Å². The van der Waals surface area contributed by atoms with Gasteiger partial charge in [-0.2, -0.15) is 13.2 Å². The first-order chi connectivity index (χ1) is 13.8. The number of hydrogen-bond acceptors (Lipinski definition) is 4. The minimum absolute atomic E-state index is 0.0670. The number of likely N-dealkylation sites (N-methyl/N-ethyl adjacent to an activating group) is 1. The number of halogens is 3. The largest absolute Gasteiger partial charge is 0.491 e. The van der Waals surface area contributed by atoms with E-state index < -0.39 is 17.8 Å². The number of aliphatic imine (C=N–C) groups is 1. The van der Waals surface area contributed by atoms with Crippen molar-refractivity contribution in [3.63, 3.8) is 0 Å². The zero-order chi connectivity index (χ0) is 21.3. The van der Waals surface area contributed by atoms with E-state index >= 15 is 0 Å². The summed E-state index contributed by atoms with van der Waals surface area (Å²) in [7, 11) is 1.90. The average Bonchev–Trinajstić information content (AvgIpc) is 3.50. The van der Waals surface area contributed by atoms with Crippen LogP contribution >= 0.6 is 0 Å². The molecule has 2 N–H and O–H groups in total. The van der Waals surface area contributed by atoms with Crippen molar-refractivity contribution >= 4 is 5.96 Å². The molecule has 1 aromatic rings. The molecular weight excluding hydrogens is 387 g/mol. The van der Waals surface area contributed by atoms with Crippen LogP contribution in [0, 0.1) is 5.92 Å². The number of nitrogens with zero attached hydrogens (tertiary/aromatic N) is 2. The van der Waals surface area contributed by atoms with Gasteiger partial charge in [0.1, 0.15) is 18.5 Å². The van der Waals surface area contributed by atoms with Gasteiger partial charge in [0.15, 0.2) is 5.96 Å². The van der Waals surface area contributed by atoms with E-state index in [1.807, 2.05) is 18.9 Å². The van der Waals surface area contributed by atoms with Gasteiger partial charge >= 0.3 is 6.18 Å². The Morgan fingerprint density at radius 2 is 2.00 bits per heavy atom. The lowest BCUT2D eigenvalue weighted by Gasteiger charge is -2.22. The Kier molecular flexibility index (Phi) is 9.03. The lowest BCUT2D eigenvalue weighted by molar-refractivity contribution is -0.137. The number of alkyl halides is 3. The quantitative estimate of drug-likeness (QED) is 0.329. The maximum atomic E-state index is 12.6. The molecule has 0 saturated heterocycles. The van der Waals surface area contributed by atoms with Crippen LogP contribution in [0.1, 0.15) is 25.3 Å². The second kappa shape index (κ2) is 11.3. The fraction of sp³-hybridized carbons (Fsp3) is 0.650. The summed E-state index contributed by atoms with van der Waals surface area (Å²) in [6, 6.07) is 4.36. The summed E-state index contributed by atoms with van der Waals surface area (Å²) < 4.78 is 48.7. The van der Waals surface area contributed by atoms with Crippen LogP contribution in [0.3, 0.4) is 0 Å². The van der Waals surface area contributed by atoms with E-state index in [1.165, 1.54) is 25.0 Å². The van der Waals surface area contributed by atoms with Gasteiger partial charge in [0, 0.05) is 26.7 Å². The van der Waals surface area contributed by atoms with Gasteiger partial charge in [-0.3, -0.25) is 4.99 Å². The summed E-state index contributed by atoms with van der Waals surface area (Å²) in [6.45, 7) is 4.77. The number of aliphatic hydroxyl groups is 1. The number of guanidine groups is 1.